The van der Waals surface area contributed by atoms with Gasteiger partial charge in [-0.25, -0.2) is 14.2 Å². The third-order valence-corrected chi connectivity index (χ3v) is 6.63. The second-order valence-electron chi connectivity index (χ2n) is 8.14. The standard InChI is InChI=1S/C24H25N3O4S/c1-4-5-9-19(23(29)30)27-22(28)16-8-6-7-10-18(16)26(24(27)31)13-17-21-15(3)11-14(2)12-20(21)32-25-17/h6-8,10-12,19H,4-5,9,13H2,1-3H3,(H,29,30)/t19-/m0/s1. The van der Waals surface area contributed by atoms with Crippen molar-refractivity contribution in [1.82, 2.24) is 13.5 Å². The molecule has 2 aromatic carbocycles. The fourth-order valence-corrected chi connectivity index (χ4v) is 5.27. The maximum atomic E-state index is 13.6. The van der Waals surface area contributed by atoms with Gasteiger partial charge in [-0.15, -0.1) is 0 Å². The third-order valence-electron chi connectivity index (χ3n) is 5.80. The predicted octanol–water partition coefficient (Wildman–Crippen LogP) is 4.25. The lowest BCUT2D eigenvalue weighted by molar-refractivity contribution is -0.141. The monoisotopic (exact) mass is 451 g/mol. The van der Waals surface area contributed by atoms with Crippen molar-refractivity contribution in [3.63, 3.8) is 0 Å². The summed E-state index contributed by atoms with van der Waals surface area (Å²) in [6, 6.07) is 9.77. The van der Waals surface area contributed by atoms with Crippen LogP contribution < -0.4 is 11.2 Å². The Morgan fingerprint density at radius 3 is 2.66 bits per heavy atom. The van der Waals surface area contributed by atoms with Crippen molar-refractivity contribution in [3.8, 4) is 0 Å². The summed E-state index contributed by atoms with van der Waals surface area (Å²) in [5.41, 5.74) is 2.23. The van der Waals surface area contributed by atoms with Gasteiger partial charge in [0.15, 0.2) is 0 Å². The van der Waals surface area contributed by atoms with Gasteiger partial charge in [0.25, 0.3) is 5.56 Å². The highest BCUT2D eigenvalue weighted by atomic mass is 32.1. The van der Waals surface area contributed by atoms with Crippen molar-refractivity contribution >= 4 is 38.5 Å². The molecule has 2 heterocycles. The number of carboxylic acids is 1. The first-order chi connectivity index (χ1) is 15.3. The Balaban J connectivity index is 1.97. The van der Waals surface area contributed by atoms with E-state index in [0.717, 1.165) is 37.9 Å². The third kappa shape index (κ3) is 3.75. The van der Waals surface area contributed by atoms with Crippen LogP contribution in [0.2, 0.25) is 0 Å². The summed E-state index contributed by atoms with van der Waals surface area (Å²) in [5.74, 6) is -1.18. The number of carboxylic acid groups (broad SMARTS) is 1. The number of carbonyl (C=O) groups is 1. The number of unbranched alkanes of at least 4 members (excludes halogenated alkanes) is 1. The zero-order valence-corrected chi connectivity index (χ0v) is 19.1. The van der Waals surface area contributed by atoms with E-state index in [1.54, 1.807) is 24.3 Å². The molecule has 0 saturated heterocycles. The molecule has 0 radical (unpaired) electrons. The molecule has 8 heteroatoms. The minimum absolute atomic E-state index is 0.156. The van der Waals surface area contributed by atoms with E-state index < -0.39 is 23.3 Å². The molecule has 1 atom stereocenters. The Bertz CT molecular complexity index is 1450. The smallest absolute Gasteiger partial charge is 0.332 e. The molecule has 0 spiro atoms. The van der Waals surface area contributed by atoms with Crippen LogP contribution in [-0.4, -0.2) is 24.6 Å². The molecule has 32 heavy (non-hydrogen) atoms. The molecule has 0 bridgehead atoms. The van der Waals surface area contributed by atoms with E-state index in [2.05, 4.69) is 16.5 Å². The van der Waals surface area contributed by atoms with Gasteiger partial charge in [0.1, 0.15) is 6.04 Å². The minimum atomic E-state index is -1.21. The van der Waals surface area contributed by atoms with Gasteiger partial charge in [0.05, 0.1) is 27.8 Å². The maximum Gasteiger partial charge on any atom is 0.332 e. The molecular formula is C24H25N3O4S. The van der Waals surface area contributed by atoms with Crippen LogP contribution in [0.25, 0.3) is 21.0 Å². The van der Waals surface area contributed by atoms with Crippen molar-refractivity contribution in [3.05, 3.63) is 74.1 Å². The summed E-state index contributed by atoms with van der Waals surface area (Å²) in [7, 11) is 0. The highest BCUT2D eigenvalue weighted by Gasteiger charge is 2.26. The van der Waals surface area contributed by atoms with E-state index in [1.165, 1.54) is 16.1 Å². The molecule has 7 nitrogen and oxygen atoms in total. The summed E-state index contributed by atoms with van der Waals surface area (Å²) < 4.78 is 8.02. The van der Waals surface area contributed by atoms with Gasteiger partial charge in [-0.3, -0.25) is 9.36 Å². The van der Waals surface area contributed by atoms with Gasteiger partial charge in [-0.2, -0.15) is 4.37 Å². The van der Waals surface area contributed by atoms with Crippen LogP contribution in [0.5, 0.6) is 0 Å². The number of aromatic nitrogens is 3. The zero-order chi connectivity index (χ0) is 23.0. The molecule has 0 amide bonds. The van der Waals surface area contributed by atoms with E-state index in [4.69, 9.17) is 0 Å². The van der Waals surface area contributed by atoms with Gasteiger partial charge in [-0.05, 0) is 61.1 Å². The van der Waals surface area contributed by atoms with Gasteiger partial charge in [0.2, 0.25) is 0 Å². The zero-order valence-electron chi connectivity index (χ0n) is 18.3. The average molecular weight is 452 g/mol. The summed E-state index contributed by atoms with van der Waals surface area (Å²) in [6.45, 7) is 6.14. The summed E-state index contributed by atoms with van der Waals surface area (Å²) in [5, 5.41) is 11.1. The Morgan fingerprint density at radius 1 is 1.19 bits per heavy atom. The van der Waals surface area contributed by atoms with E-state index >= 15 is 0 Å². The number of benzene rings is 2. The molecule has 166 valence electrons. The van der Waals surface area contributed by atoms with Crippen LogP contribution >= 0.6 is 11.5 Å². The number of aryl methyl sites for hydroxylation is 2. The van der Waals surface area contributed by atoms with Crippen LogP contribution in [0.4, 0.5) is 0 Å². The normalized spacial score (nSPS) is 12.5. The van der Waals surface area contributed by atoms with Crippen molar-refractivity contribution < 1.29 is 9.90 Å². The highest BCUT2D eigenvalue weighted by Crippen LogP contribution is 2.28. The van der Waals surface area contributed by atoms with Crippen LogP contribution in [0.3, 0.4) is 0 Å². The summed E-state index contributed by atoms with van der Waals surface area (Å²) in [4.78, 5) is 38.7. The fraction of sp³-hybridized carbons (Fsp3) is 0.333. The van der Waals surface area contributed by atoms with Crippen molar-refractivity contribution in [1.29, 1.82) is 0 Å². The summed E-state index contributed by atoms with van der Waals surface area (Å²) >= 11 is 1.37. The molecule has 0 fully saturated rings. The molecule has 0 aliphatic heterocycles. The quantitative estimate of drug-likeness (QED) is 0.453. The lowest BCUT2D eigenvalue weighted by atomic mass is 10.1. The fourth-order valence-electron chi connectivity index (χ4n) is 4.31. The van der Waals surface area contributed by atoms with Gasteiger partial charge in [-0.1, -0.05) is 38.0 Å². The Morgan fingerprint density at radius 2 is 1.94 bits per heavy atom. The lowest BCUT2D eigenvalue weighted by Crippen LogP contribution is -2.44. The first-order valence-electron chi connectivity index (χ1n) is 10.7. The molecule has 4 rings (SSSR count). The molecule has 0 aliphatic rings. The molecule has 0 aliphatic carbocycles. The second kappa shape index (κ2) is 8.70. The minimum Gasteiger partial charge on any atom is -0.480 e. The van der Waals surface area contributed by atoms with E-state index in [0.29, 0.717) is 17.3 Å². The molecule has 0 unspecified atom stereocenters. The maximum absolute atomic E-state index is 13.6. The van der Waals surface area contributed by atoms with Crippen LogP contribution in [0.1, 0.15) is 49.0 Å². The molecule has 4 aromatic rings. The van der Waals surface area contributed by atoms with Gasteiger partial charge >= 0.3 is 11.7 Å². The van der Waals surface area contributed by atoms with E-state index in [-0.39, 0.29) is 13.0 Å². The highest BCUT2D eigenvalue weighted by molar-refractivity contribution is 7.13. The first kappa shape index (κ1) is 22.0. The van der Waals surface area contributed by atoms with Crippen LogP contribution in [0.15, 0.2) is 46.0 Å². The topological polar surface area (TPSA) is 94.2 Å². The van der Waals surface area contributed by atoms with Crippen LogP contribution in [-0.2, 0) is 11.3 Å². The van der Waals surface area contributed by atoms with Crippen molar-refractivity contribution in [2.45, 2.75) is 52.6 Å². The largest absolute Gasteiger partial charge is 0.480 e. The second-order valence-corrected chi connectivity index (χ2v) is 8.95. The average Bonchev–Trinajstić information content (AvgIpc) is 3.16. The Hall–Kier alpha value is -3.26. The van der Waals surface area contributed by atoms with Gasteiger partial charge in [0, 0.05) is 5.39 Å². The van der Waals surface area contributed by atoms with E-state index in [9.17, 15) is 19.5 Å². The predicted molar refractivity (Wildman–Crippen MR) is 127 cm³/mol. The number of para-hydroxylation sites is 1. The Labute approximate surface area is 188 Å². The first-order valence-corrected chi connectivity index (χ1v) is 11.4. The van der Waals surface area contributed by atoms with Gasteiger partial charge < -0.3 is 5.11 Å². The van der Waals surface area contributed by atoms with Crippen molar-refractivity contribution in [2.75, 3.05) is 0 Å². The molecule has 2 aromatic heterocycles. The lowest BCUT2D eigenvalue weighted by Gasteiger charge is -2.18. The SMILES string of the molecule is CCCC[C@@H](C(=O)O)n1c(=O)c2ccccc2n(Cc2nsc3cc(C)cc(C)c23)c1=O. The number of aliphatic carboxylic acids is 1. The number of hydrogen-bond acceptors (Lipinski definition) is 5. The number of rotatable bonds is 7. The van der Waals surface area contributed by atoms with Crippen LogP contribution in [0, 0.1) is 13.8 Å². The molecule has 1 N–H and O–H groups in total. The number of nitrogens with zero attached hydrogens (tertiary/aromatic N) is 3. The van der Waals surface area contributed by atoms with E-state index in [1.807, 2.05) is 20.8 Å². The van der Waals surface area contributed by atoms with Crippen molar-refractivity contribution in [2.24, 2.45) is 0 Å². The number of fused-ring (bicyclic) bond motifs is 2. The number of hydrogen-bond donors (Lipinski definition) is 1. The molecule has 0 saturated carbocycles. The Kier molecular flexibility index (Phi) is 5.97. The summed E-state index contributed by atoms with van der Waals surface area (Å²) in [6.07, 6.45) is 1.59. The molecular weight excluding hydrogens is 426 g/mol.